The summed E-state index contributed by atoms with van der Waals surface area (Å²) in [6.07, 6.45) is 1.63. The molecule has 0 unspecified atom stereocenters. The van der Waals surface area contributed by atoms with E-state index in [-0.39, 0.29) is 5.91 Å². The lowest BCUT2D eigenvalue weighted by Crippen LogP contribution is -2.47. The molecule has 3 N–H and O–H groups in total. The van der Waals surface area contributed by atoms with E-state index in [2.05, 4.69) is 25.9 Å². The Morgan fingerprint density at radius 1 is 1.11 bits per heavy atom. The minimum atomic E-state index is -0.543. The van der Waals surface area contributed by atoms with Crippen LogP contribution in [0, 0.1) is 12.3 Å². The average Bonchev–Trinajstić information content (AvgIpc) is 3.14. The van der Waals surface area contributed by atoms with E-state index in [1.807, 2.05) is 58.9 Å². The van der Waals surface area contributed by atoms with Crippen molar-refractivity contribution < 1.29 is 9.21 Å². The van der Waals surface area contributed by atoms with Gasteiger partial charge in [0.15, 0.2) is 5.96 Å². The number of benzene rings is 1. The molecule has 0 bridgehead atoms. The van der Waals surface area contributed by atoms with E-state index in [0.29, 0.717) is 31.5 Å². The van der Waals surface area contributed by atoms with Crippen molar-refractivity contribution in [1.82, 2.24) is 20.9 Å². The summed E-state index contributed by atoms with van der Waals surface area (Å²) in [6, 6.07) is 8.04. The molecule has 28 heavy (non-hydrogen) atoms. The zero-order valence-electron chi connectivity index (χ0n) is 17.4. The second-order valence-electron chi connectivity index (χ2n) is 7.30. The zero-order chi connectivity index (χ0) is 20.6. The van der Waals surface area contributed by atoms with Crippen LogP contribution in [0.5, 0.6) is 0 Å². The van der Waals surface area contributed by atoms with Crippen LogP contribution in [0.25, 0.3) is 11.5 Å². The summed E-state index contributed by atoms with van der Waals surface area (Å²) >= 11 is 0. The highest BCUT2D eigenvalue weighted by molar-refractivity contribution is 5.84. The smallest absolute Gasteiger partial charge is 0.227 e. The molecule has 1 aromatic heterocycles. The fourth-order valence-electron chi connectivity index (χ4n) is 2.49. The van der Waals surface area contributed by atoms with Gasteiger partial charge in [-0.3, -0.25) is 4.79 Å². The number of hydrogen-bond donors (Lipinski definition) is 3. The molecule has 0 aliphatic rings. The van der Waals surface area contributed by atoms with Crippen LogP contribution >= 0.6 is 0 Å². The van der Waals surface area contributed by atoms with Gasteiger partial charge in [-0.05, 0) is 46.8 Å². The van der Waals surface area contributed by atoms with Crippen LogP contribution in [-0.2, 0) is 11.3 Å². The number of aromatic nitrogens is 1. The van der Waals surface area contributed by atoms with Gasteiger partial charge in [0.1, 0.15) is 12.0 Å². The van der Waals surface area contributed by atoms with Gasteiger partial charge in [-0.2, -0.15) is 0 Å². The number of carbonyl (C=O) groups excluding carboxylic acids is 1. The van der Waals surface area contributed by atoms with Crippen molar-refractivity contribution in [3.8, 4) is 11.5 Å². The van der Waals surface area contributed by atoms with Gasteiger partial charge < -0.3 is 20.4 Å². The molecule has 1 heterocycles. The number of guanidine groups is 1. The first-order chi connectivity index (χ1) is 13.4. The lowest BCUT2D eigenvalue weighted by molar-refractivity contribution is -0.128. The third-order valence-electron chi connectivity index (χ3n) is 4.24. The molecule has 1 amide bonds. The van der Waals surface area contributed by atoms with E-state index in [1.165, 1.54) is 5.56 Å². The molecule has 152 valence electrons. The quantitative estimate of drug-likeness (QED) is 0.480. The molecule has 0 saturated carbocycles. The molecule has 0 radical (unpaired) electrons. The molecule has 0 fully saturated rings. The van der Waals surface area contributed by atoms with Crippen molar-refractivity contribution in [3.05, 3.63) is 41.8 Å². The molecule has 0 aliphatic carbocycles. The zero-order valence-corrected chi connectivity index (χ0v) is 17.4. The van der Waals surface area contributed by atoms with Crippen LogP contribution in [0.4, 0.5) is 0 Å². The van der Waals surface area contributed by atoms with Crippen molar-refractivity contribution in [2.45, 2.75) is 41.2 Å². The van der Waals surface area contributed by atoms with Gasteiger partial charge >= 0.3 is 0 Å². The Morgan fingerprint density at radius 3 is 2.43 bits per heavy atom. The summed E-state index contributed by atoms with van der Waals surface area (Å²) in [5, 5.41) is 9.28. The first kappa shape index (κ1) is 21.5. The third-order valence-corrected chi connectivity index (χ3v) is 4.24. The summed E-state index contributed by atoms with van der Waals surface area (Å²) in [5.41, 5.74) is 2.33. The number of aliphatic imine (C=N–C) groups is 1. The van der Waals surface area contributed by atoms with Gasteiger partial charge in [0.2, 0.25) is 11.8 Å². The van der Waals surface area contributed by atoms with Crippen molar-refractivity contribution in [2.75, 3.05) is 19.6 Å². The Labute approximate surface area is 167 Å². The number of nitrogens with one attached hydrogen (secondary N) is 3. The van der Waals surface area contributed by atoms with E-state index in [0.717, 1.165) is 17.8 Å². The second-order valence-corrected chi connectivity index (χ2v) is 7.30. The lowest BCUT2D eigenvalue weighted by Gasteiger charge is -2.24. The van der Waals surface area contributed by atoms with E-state index in [4.69, 9.17) is 4.42 Å². The fraction of sp³-hybridized carbons (Fsp3) is 0.476. The molecule has 7 heteroatoms. The van der Waals surface area contributed by atoms with E-state index >= 15 is 0 Å². The number of aryl methyl sites for hydroxylation is 1. The maximum Gasteiger partial charge on any atom is 0.227 e. The predicted molar refractivity (Wildman–Crippen MR) is 112 cm³/mol. The van der Waals surface area contributed by atoms with Crippen LogP contribution < -0.4 is 16.0 Å². The molecule has 2 aromatic rings. The minimum absolute atomic E-state index is 0.0117. The van der Waals surface area contributed by atoms with Crippen LogP contribution in [-0.4, -0.2) is 36.5 Å². The standard InChI is InChI=1S/C21H31N5O2/c1-6-22-19(27)21(4,5)14-25-20(23-7-2)24-12-17-13-28-18(26-17)16-10-8-15(3)9-11-16/h8-11,13H,6-7,12,14H2,1-5H3,(H,22,27)(H2,23,24,25). The second kappa shape index (κ2) is 9.92. The average molecular weight is 386 g/mol. The monoisotopic (exact) mass is 385 g/mol. The largest absolute Gasteiger partial charge is 0.444 e. The molecule has 2 rings (SSSR count). The number of carbonyl (C=O) groups is 1. The SMILES string of the molecule is CCNC(=O)C(C)(C)CNC(=NCc1coc(-c2ccc(C)cc2)n1)NCC. The highest BCUT2D eigenvalue weighted by atomic mass is 16.3. The number of nitrogens with zero attached hydrogens (tertiary/aromatic N) is 2. The molecule has 0 aliphatic heterocycles. The van der Waals surface area contributed by atoms with Gasteiger partial charge in [-0.1, -0.05) is 17.7 Å². The number of hydrogen-bond acceptors (Lipinski definition) is 4. The molecule has 7 nitrogen and oxygen atoms in total. The first-order valence-electron chi connectivity index (χ1n) is 9.67. The Kier molecular flexibility index (Phi) is 7.61. The molecule has 0 atom stereocenters. The predicted octanol–water partition coefficient (Wildman–Crippen LogP) is 2.87. The van der Waals surface area contributed by atoms with Crippen molar-refractivity contribution in [1.29, 1.82) is 0 Å². The maximum atomic E-state index is 12.1. The molecule has 0 saturated heterocycles. The fourth-order valence-corrected chi connectivity index (χ4v) is 2.49. The Morgan fingerprint density at radius 2 is 1.79 bits per heavy atom. The van der Waals surface area contributed by atoms with Gasteiger partial charge in [0, 0.05) is 25.2 Å². The summed E-state index contributed by atoms with van der Waals surface area (Å²) < 4.78 is 5.58. The van der Waals surface area contributed by atoms with Crippen LogP contribution in [0.2, 0.25) is 0 Å². The number of rotatable bonds is 8. The summed E-state index contributed by atoms with van der Waals surface area (Å²) in [5.74, 6) is 1.23. The molecular formula is C21H31N5O2. The lowest BCUT2D eigenvalue weighted by atomic mass is 9.92. The first-order valence-corrected chi connectivity index (χ1v) is 9.67. The highest BCUT2D eigenvalue weighted by Crippen LogP contribution is 2.19. The van der Waals surface area contributed by atoms with Gasteiger partial charge in [-0.15, -0.1) is 0 Å². The van der Waals surface area contributed by atoms with Crippen LogP contribution in [0.15, 0.2) is 39.9 Å². The van der Waals surface area contributed by atoms with Gasteiger partial charge in [-0.25, -0.2) is 9.98 Å². The highest BCUT2D eigenvalue weighted by Gasteiger charge is 2.27. The summed E-state index contributed by atoms with van der Waals surface area (Å²) in [4.78, 5) is 21.2. The van der Waals surface area contributed by atoms with Crippen molar-refractivity contribution >= 4 is 11.9 Å². The van der Waals surface area contributed by atoms with E-state index in [1.54, 1.807) is 6.26 Å². The Bertz CT molecular complexity index is 793. The number of oxazole rings is 1. The summed E-state index contributed by atoms with van der Waals surface area (Å²) in [7, 11) is 0. The topological polar surface area (TPSA) is 91.5 Å². The molecule has 1 aromatic carbocycles. The third kappa shape index (κ3) is 6.11. The number of amides is 1. The van der Waals surface area contributed by atoms with E-state index in [9.17, 15) is 4.79 Å². The van der Waals surface area contributed by atoms with Crippen molar-refractivity contribution in [2.24, 2.45) is 10.4 Å². The minimum Gasteiger partial charge on any atom is -0.444 e. The Hall–Kier alpha value is -2.83. The van der Waals surface area contributed by atoms with Gasteiger partial charge in [0.05, 0.1) is 12.0 Å². The normalized spacial score (nSPS) is 12.0. The molecule has 0 spiro atoms. The maximum absolute atomic E-state index is 12.1. The summed E-state index contributed by atoms with van der Waals surface area (Å²) in [6.45, 7) is 12.0. The molecular weight excluding hydrogens is 354 g/mol. The van der Waals surface area contributed by atoms with Crippen LogP contribution in [0.3, 0.4) is 0 Å². The van der Waals surface area contributed by atoms with Gasteiger partial charge in [0.25, 0.3) is 0 Å². The van der Waals surface area contributed by atoms with Crippen LogP contribution in [0.1, 0.15) is 39.0 Å². The van der Waals surface area contributed by atoms with Crippen molar-refractivity contribution in [3.63, 3.8) is 0 Å². The Balaban J connectivity index is 2.00. The van der Waals surface area contributed by atoms with E-state index < -0.39 is 5.41 Å².